The van der Waals surface area contributed by atoms with Crippen LogP contribution in [0.5, 0.6) is 0 Å². The Morgan fingerprint density at radius 3 is 2.87 bits per heavy atom. The third kappa shape index (κ3) is 1.45. The Bertz CT molecular complexity index is 584. The first-order chi connectivity index (χ1) is 7.15. The van der Waals surface area contributed by atoms with Crippen molar-refractivity contribution in [2.24, 2.45) is 0 Å². The smallest absolute Gasteiger partial charge is 0.103 e. The summed E-state index contributed by atoms with van der Waals surface area (Å²) in [5.74, 6) is 0. The molecule has 1 aromatic carbocycles. The SMILES string of the molecule is Cc1ccc(Br)c2ncc(C#N)c(N)c12. The van der Waals surface area contributed by atoms with Crippen LogP contribution in [-0.4, -0.2) is 4.98 Å². The van der Waals surface area contributed by atoms with Crippen molar-refractivity contribution in [1.82, 2.24) is 4.98 Å². The monoisotopic (exact) mass is 261 g/mol. The van der Waals surface area contributed by atoms with Crippen LogP contribution >= 0.6 is 15.9 Å². The van der Waals surface area contributed by atoms with Crippen molar-refractivity contribution in [2.45, 2.75) is 6.92 Å². The lowest BCUT2D eigenvalue weighted by Gasteiger charge is -2.07. The van der Waals surface area contributed by atoms with E-state index in [0.29, 0.717) is 11.3 Å². The zero-order valence-corrected chi connectivity index (χ0v) is 9.67. The van der Waals surface area contributed by atoms with Crippen LogP contribution in [0.2, 0.25) is 0 Å². The highest BCUT2D eigenvalue weighted by atomic mass is 79.9. The lowest BCUT2D eigenvalue weighted by molar-refractivity contribution is 1.35. The van der Waals surface area contributed by atoms with Gasteiger partial charge in [0.15, 0.2) is 0 Å². The molecular formula is C11H8BrN3. The van der Waals surface area contributed by atoms with Crippen LogP contribution in [0, 0.1) is 18.3 Å². The molecule has 0 bridgehead atoms. The number of hydrogen-bond acceptors (Lipinski definition) is 3. The Morgan fingerprint density at radius 2 is 2.20 bits per heavy atom. The van der Waals surface area contributed by atoms with Crippen LogP contribution in [-0.2, 0) is 0 Å². The van der Waals surface area contributed by atoms with Gasteiger partial charge >= 0.3 is 0 Å². The molecule has 0 fully saturated rings. The van der Waals surface area contributed by atoms with E-state index in [4.69, 9.17) is 11.0 Å². The number of fused-ring (bicyclic) bond motifs is 1. The summed E-state index contributed by atoms with van der Waals surface area (Å²) in [5, 5.41) is 9.71. The molecule has 2 rings (SSSR count). The highest BCUT2D eigenvalue weighted by Gasteiger charge is 2.09. The number of halogens is 1. The minimum absolute atomic E-state index is 0.420. The molecule has 0 spiro atoms. The van der Waals surface area contributed by atoms with Crippen molar-refractivity contribution in [3.05, 3.63) is 33.9 Å². The molecule has 74 valence electrons. The number of rotatable bonds is 0. The van der Waals surface area contributed by atoms with Gasteiger partial charge in [-0.3, -0.25) is 4.98 Å². The van der Waals surface area contributed by atoms with Crippen molar-refractivity contribution in [2.75, 3.05) is 5.73 Å². The molecule has 0 saturated heterocycles. The Morgan fingerprint density at radius 1 is 1.47 bits per heavy atom. The molecular weight excluding hydrogens is 254 g/mol. The Hall–Kier alpha value is -1.60. The number of nitrogens with zero attached hydrogens (tertiary/aromatic N) is 2. The van der Waals surface area contributed by atoms with E-state index in [0.717, 1.165) is 20.9 Å². The highest BCUT2D eigenvalue weighted by molar-refractivity contribution is 9.10. The van der Waals surface area contributed by atoms with Crippen LogP contribution in [0.3, 0.4) is 0 Å². The molecule has 2 aromatic rings. The molecule has 2 N–H and O–H groups in total. The van der Waals surface area contributed by atoms with Crippen molar-refractivity contribution < 1.29 is 0 Å². The number of anilines is 1. The second-order valence-corrected chi connectivity index (χ2v) is 4.14. The van der Waals surface area contributed by atoms with E-state index in [1.807, 2.05) is 25.1 Å². The first kappa shape index (κ1) is 9.94. The summed E-state index contributed by atoms with van der Waals surface area (Å²) in [6.45, 7) is 1.95. The molecule has 0 atom stereocenters. The number of nitrogens with two attached hydrogens (primary N) is 1. The van der Waals surface area contributed by atoms with E-state index < -0.39 is 0 Å². The molecule has 3 nitrogen and oxygen atoms in total. The van der Waals surface area contributed by atoms with E-state index in [1.165, 1.54) is 6.20 Å². The van der Waals surface area contributed by atoms with Gasteiger partial charge in [0.2, 0.25) is 0 Å². The molecule has 4 heteroatoms. The standard InChI is InChI=1S/C11H8BrN3/c1-6-2-3-8(12)11-9(6)10(14)7(4-13)5-15-11/h2-3,5H,1H3,(H2,14,15). The van der Waals surface area contributed by atoms with Crippen molar-refractivity contribution in [1.29, 1.82) is 5.26 Å². The van der Waals surface area contributed by atoms with E-state index in [2.05, 4.69) is 20.9 Å². The fourth-order valence-corrected chi connectivity index (χ4v) is 1.99. The zero-order valence-electron chi connectivity index (χ0n) is 8.08. The van der Waals surface area contributed by atoms with Gasteiger partial charge in [-0.2, -0.15) is 5.26 Å². The molecule has 15 heavy (non-hydrogen) atoms. The molecule has 0 unspecified atom stereocenters. The Labute approximate surface area is 95.7 Å². The van der Waals surface area contributed by atoms with Gasteiger partial charge in [0.05, 0.1) is 16.8 Å². The topological polar surface area (TPSA) is 62.7 Å². The Balaban J connectivity index is 3.00. The first-order valence-electron chi connectivity index (χ1n) is 4.38. The summed E-state index contributed by atoms with van der Waals surface area (Å²) in [6.07, 6.45) is 1.50. The van der Waals surface area contributed by atoms with Gasteiger partial charge < -0.3 is 5.73 Å². The molecule has 0 saturated carbocycles. The summed E-state index contributed by atoms with van der Waals surface area (Å²) in [6, 6.07) is 5.91. The zero-order chi connectivity index (χ0) is 11.0. The van der Waals surface area contributed by atoms with Gasteiger partial charge in [0, 0.05) is 16.1 Å². The van der Waals surface area contributed by atoms with Gasteiger partial charge in [-0.15, -0.1) is 0 Å². The van der Waals surface area contributed by atoms with Crippen molar-refractivity contribution >= 4 is 32.5 Å². The average molecular weight is 262 g/mol. The number of benzene rings is 1. The number of pyridine rings is 1. The Kier molecular flexibility index (Phi) is 2.33. The van der Waals surface area contributed by atoms with Crippen molar-refractivity contribution in [3.63, 3.8) is 0 Å². The average Bonchev–Trinajstić information content (AvgIpc) is 2.23. The number of aromatic nitrogens is 1. The van der Waals surface area contributed by atoms with Crippen LogP contribution < -0.4 is 5.73 Å². The van der Waals surface area contributed by atoms with Gasteiger partial charge in [-0.05, 0) is 34.5 Å². The summed E-state index contributed by atoms with van der Waals surface area (Å²) in [7, 11) is 0. The fraction of sp³-hybridized carbons (Fsp3) is 0.0909. The summed E-state index contributed by atoms with van der Waals surface area (Å²) in [5.41, 5.74) is 8.66. The third-order valence-electron chi connectivity index (χ3n) is 2.34. The summed E-state index contributed by atoms with van der Waals surface area (Å²) in [4.78, 5) is 4.22. The number of aryl methyl sites for hydroxylation is 1. The summed E-state index contributed by atoms with van der Waals surface area (Å²) >= 11 is 3.41. The maximum absolute atomic E-state index is 8.86. The quantitative estimate of drug-likeness (QED) is 0.793. The van der Waals surface area contributed by atoms with Crippen LogP contribution in [0.25, 0.3) is 10.9 Å². The first-order valence-corrected chi connectivity index (χ1v) is 5.18. The van der Waals surface area contributed by atoms with Gasteiger partial charge in [-0.25, -0.2) is 0 Å². The fourth-order valence-electron chi connectivity index (χ4n) is 1.56. The molecule has 0 aliphatic heterocycles. The molecule has 0 aliphatic rings. The highest BCUT2D eigenvalue weighted by Crippen LogP contribution is 2.30. The second-order valence-electron chi connectivity index (χ2n) is 3.29. The maximum Gasteiger partial charge on any atom is 0.103 e. The maximum atomic E-state index is 8.86. The minimum Gasteiger partial charge on any atom is -0.397 e. The molecule has 0 radical (unpaired) electrons. The van der Waals surface area contributed by atoms with E-state index >= 15 is 0 Å². The third-order valence-corrected chi connectivity index (χ3v) is 2.98. The minimum atomic E-state index is 0.420. The molecule has 1 heterocycles. The lowest BCUT2D eigenvalue weighted by atomic mass is 10.1. The van der Waals surface area contributed by atoms with Crippen molar-refractivity contribution in [3.8, 4) is 6.07 Å². The number of hydrogen-bond donors (Lipinski definition) is 1. The van der Waals surface area contributed by atoms with E-state index in [-0.39, 0.29) is 0 Å². The van der Waals surface area contributed by atoms with Gasteiger partial charge in [0.25, 0.3) is 0 Å². The molecule has 0 aliphatic carbocycles. The molecule has 0 amide bonds. The normalized spacial score (nSPS) is 10.2. The van der Waals surface area contributed by atoms with Gasteiger partial charge in [-0.1, -0.05) is 6.07 Å². The largest absolute Gasteiger partial charge is 0.397 e. The van der Waals surface area contributed by atoms with Crippen LogP contribution in [0.4, 0.5) is 5.69 Å². The second kappa shape index (κ2) is 3.52. The molecule has 1 aromatic heterocycles. The number of nitriles is 1. The summed E-state index contributed by atoms with van der Waals surface area (Å²) < 4.78 is 0.888. The predicted molar refractivity (Wildman–Crippen MR) is 63.3 cm³/mol. The predicted octanol–water partition coefficient (Wildman–Crippen LogP) is 2.76. The van der Waals surface area contributed by atoms with Crippen LogP contribution in [0.15, 0.2) is 22.8 Å². The van der Waals surface area contributed by atoms with E-state index in [1.54, 1.807) is 0 Å². The lowest BCUT2D eigenvalue weighted by Crippen LogP contribution is -1.96. The van der Waals surface area contributed by atoms with Gasteiger partial charge in [0.1, 0.15) is 6.07 Å². The number of nitrogen functional groups attached to an aromatic ring is 1. The van der Waals surface area contributed by atoms with Crippen LogP contribution in [0.1, 0.15) is 11.1 Å². The van der Waals surface area contributed by atoms with E-state index in [9.17, 15) is 0 Å².